The maximum Gasteiger partial charge on any atom is 0.146 e. The summed E-state index contributed by atoms with van der Waals surface area (Å²) < 4.78 is 4.70. The molecule has 12 aromatic rings. The lowest BCUT2D eigenvalue weighted by Crippen LogP contribution is -2.00. The first-order valence-corrected chi connectivity index (χ1v) is 19.8. The van der Waals surface area contributed by atoms with E-state index in [4.69, 9.17) is 9.97 Å². The van der Waals surface area contributed by atoms with Gasteiger partial charge in [0.1, 0.15) is 11.6 Å². The van der Waals surface area contributed by atoms with Crippen molar-refractivity contribution in [3.05, 3.63) is 206 Å². The van der Waals surface area contributed by atoms with Crippen molar-refractivity contribution in [3.63, 3.8) is 0 Å². The van der Waals surface area contributed by atoms with Crippen LogP contribution in [0, 0.1) is 0 Å². The van der Waals surface area contributed by atoms with Crippen LogP contribution >= 0.6 is 0 Å². The van der Waals surface area contributed by atoms with Crippen LogP contribution in [0.2, 0.25) is 0 Å². The lowest BCUT2D eigenvalue weighted by Gasteiger charge is -2.18. The number of hydrogen-bond donors (Lipinski definition) is 0. The molecular formula is C54H34N4. The topological polar surface area (TPSA) is 35.6 Å². The van der Waals surface area contributed by atoms with Crippen molar-refractivity contribution in [1.82, 2.24) is 19.1 Å². The van der Waals surface area contributed by atoms with E-state index >= 15 is 0 Å². The van der Waals surface area contributed by atoms with E-state index in [9.17, 15) is 0 Å². The van der Waals surface area contributed by atoms with Crippen molar-refractivity contribution in [2.45, 2.75) is 0 Å². The van der Waals surface area contributed by atoms with E-state index in [1.54, 1.807) is 0 Å². The van der Waals surface area contributed by atoms with E-state index in [-0.39, 0.29) is 0 Å². The highest BCUT2D eigenvalue weighted by Crippen LogP contribution is 2.45. The molecule has 4 nitrogen and oxygen atoms in total. The monoisotopic (exact) mass is 738 g/mol. The standard InChI is InChI=1S/C54H34N4/c1-4-18-37(19-5-1)50-42-26-14-28-44(53-55-48-32-30-35-16-10-12-24-40(35)51(48)57(53)38-20-6-2-7-21-38)46(42)34-47-43(50)27-15-29-45(47)54-56-49-33-31-36-17-11-13-25-41(36)52(49)58(54)39-22-8-3-9-23-39/h1-34H. The zero-order chi connectivity index (χ0) is 38.2. The van der Waals surface area contributed by atoms with Gasteiger partial charge in [-0.15, -0.1) is 0 Å². The Morgan fingerprint density at radius 2 is 0.724 bits per heavy atom. The summed E-state index contributed by atoms with van der Waals surface area (Å²) in [5, 5.41) is 9.33. The van der Waals surface area contributed by atoms with Gasteiger partial charge >= 0.3 is 0 Å². The smallest absolute Gasteiger partial charge is 0.146 e. The number of para-hydroxylation sites is 2. The Kier molecular flexibility index (Phi) is 7.20. The number of fused-ring (bicyclic) bond motifs is 8. The van der Waals surface area contributed by atoms with Gasteiger partial charge in [-0.05, 0) is 85.9 Å². The molecule has 4 heteroatoms. The van der Waals surface area contributed by atoms with Crippen LogP contribution in [0.5, 0.6) is 0 Å². The molecule has 0 bridgehead atoms. The lowest BCUT2D eigenvalue weighted by atomic mass is 9.88. The fraction of sp³-hybridized carbons (Fsp3) is 0. The summed E-state index contributed by atoms with van der Waals surface area (Å²) in [5.74, 6) is 1.81. The molecule has 0 fully saturated rings. The predicted molar refractivity (Wildman–Crippen MR) is 242 cm³/mol. The molecule has 58 heavy (non-hydrogen) atoms. The Hall–Kier alpha value is -7.82. The maximum absolute atomic E-state index is 5.48. The largest absolute Gasteiger partial charge is 0.292 e. The Labute approximate surface area is 334 Å². The van der Waals surface area contributed by atoms with Gasteiger partial charge in [0.2, 0.25) is 0 Å². The van der Waals surface area contributed by atoms with Crippen LogP contribution < -0.4 is 0 Å². The van der Waals surface area contributed by atoms with Gasteiger partial charge in [-0.3, -0.25) is 9.13 Å². The fourth-order valence-corrected chi connectivity index (χ4v) is 9.17. The number of hydrogen-bond acceptors (Lipinski definition) is 2. The molecular weight excluding hydrogens is 705 g/mol. The van der Waals surface area contributed by atoms with Gasteiger partial charge in [-0.2, -0.15) is 0 Å². The van der Waals surface area contributed by atoms with Crippen LogP contribution in [0.4, 0.5) is 0 Å². The van der Waals surface area contributed by atoms with E-state index in [1.807, 2.05) is 0 Å². The van der Waals surface area contributed by atoms with Crippen LogP contribution in [-0.4, -0.2) is 19.1 Å². The van der Waals surface area contributed by atoms with Crippen LogP contribution in [-0.2, 0) is 0 Å². The molecule has 0 aliphatic carbocycles. The quantitative estimate of drug-likeness (QED) is 0.165. The van der Waals surface area contributed by atoms with Crippen LogP contribution in [0.3, 0.4) is 0 Å². The molecule has 0 saturated carbocycles. The Bertz CT molecular complexity index is 3330. The molecule has 10 aromatic carbocycles. The highest BCUT2D eigenvalue weighted by Gasteiger charge is 2.23. The number of benzene rings is 10. The van der Waals surface area contributed by atoms with E-state index < -0.39 is 0 Å². The van der Waals surface area contributed by atoms with Crippen molar-refractivity contribution >= 4 is 65.2 Å². The fourth-order valence-electron chi connectivity index (χ4n) is 9.17. The van der Waals surface area contributed by atoms with Crippen molar-refractivity contribution in [3.8, 4) is 45.3 Å². The zero-order valence-electron chi connectivity index (χ0n) is 31.4. The second-order valence-electron chi connectivity index (χ2n) is 14.9. The average Bonchev–Trinajstić information content (AvgIpc) is 3.89. The average molecular weight is 739 g/mol. The van der Waals surface area contributed by atoms with Crippen molar-refractivity contribution < 1.29 is 0 Å². The molecule has 0 atom stereocenters. The third-order valence-corrected chi connectivity index (χ3v) is 11.7. The van der Waals surface area contributed by atoms with Crippen molar-refractivity contribution in [2.24, 2.45) is 0 Å². The number of rotatable bonds is 5. The van der Waals surface area contributed by atoms with Crippen molar-refractivity contribution in [1.29, 1.82) is 0 Å². The maximum atomic E-state index is 5.48. The Balaban J connectivity index is 1.23. The summed E-state index contributed by atoms with van der Waals surface area (Å²) in [6.07, 6.45) is 0. The number of aromatic nitrogens is 4. The second-order valence-corrected chi connectivity index (χ2v) is 14.9. The van der Waals surface area contributed by atoms with Crippen LogP contribution in [0.1, 0.15) is 0 Å². The molecule has 2 heterocycles. The molecule has 0 amide bonds. The highest BCUT2D eigenvalue weighted by molar-refractivity contribution is 6.19. The lowest BCUT2D eigenvalue weighted by molar-refractivity contribution is 1.11. The Morgan fingerprint density at radius 1 is 0.310 bits per heavy atom. The highest BCUT2D eigenvalue weighted by atomic mass is 15.1. The SMILES string of the molecule is c1ccc(-c2c3cccc(-c4nc5ccc6ccccc6c5n4-c4ccccc4)c3cc3c(-c4nc5ccc6ccccc6c5n4-c4ccccc4)cccc23)cc1. The third-order valence-electron chi connectivity index (χ3n) is 11.7. The summed E-state index contributed by atoms with van der Waals surface area (Å²) in [7, 11) is 0. The van der Waals surface area contributed by atoms with Crippen LogP contribution in [0.25, 0.3) is 110 Å². The van der Waals surface area contributed by atoms with Gasteiger partial charge in [-0.25, -0.2) is 9.97 Å². The van der Waals surface area contributed by atoms with Gasteiger partial charge in [-0.1, -0.05) is 164 Å². The second kappa shape index (κ2) is 12.9. The first kappa shape index (κ1) is 32.4. The van der Waals surface area contributed by atoms with E-state index in [0.717, 1.165) is 72.6 Å². The summed E-state index contributed by atoms with van der Waals surface area (Å²) in [4.78, 5) is 11.0. The molecule has 0 N–H and O–H groups in total. The van der Waals surface area contributed by atoms with Gasteiger partial charge < -0.3 is 0 Å². The van der Waals surface area contributed by atoms with Gasteiger partial charge in [0.15, 0.2) is 0 Å². The van der Waals surface area contributed by atoms with Crippen LogP contribution in [0.15, 0.2) is 206 Å². The molecule has 0 unspecified atom stereocenters. The zero-order valence-corrected chi connectivity index (χ0v) is 31.4. The predicted octanol–water partition coefficient (Wildman–Crippen LogP) is 14.0. The van der Waals surface area contributed by atoms with Gasteiger partial charge in [0, 0.05) is 33.3 Å². The van der Waals surface area contributed by atoms with E-state index in [1.165, 1.54) is 37.9 Å². The van der Waals surface area contributed by atoms with E-state index in [0.29, 0.717) is 0 Å². The molecule has 12 rings (SSSR count). The summed E-state index contributed by atoms with van der Waals surface area (Å²) in [5.41, 5.74) is 10.8. The number of imidazole rings is 2. The molecule has 2 aromatic heterocycles. The third kappa shape index (κ3) is 4.88. The summed E-state index contributed by atoms with van der Waals surface area (Å²) in [6, 6.07) is 73.8. The normalized spacial score (nSPS) is 11.8. The first-order chi connectivity index (χ1) is 28.8. The first-order valence-electron chi connectivity index (χ1n) is 19.8. The minimum Gasteiger partial charge on any atom is -0.292 e. The van der Waals surface area contributed by atoms with Crippen molar-refractivity contribution in [2.75, 3.05) is 0 Å². The van der Waals surface area contributed by atoms with Gasteiger partial charge in [0.05, 0.1) is 22.1 Å². The Morgan fingerprint density at radius 3 is 1.21 bits per heavy atom. The van der Waals surface area contributed by atoms with Gasteiger partial charge in [0.25, 0.3) is 0 Å². The molecule has 0 aliphatic heterocycles. The molecule has 0 radical (unpaired) electrons. The summed E-state index contributed by atoms with van der Waals surface area (Å²) >= 11 is 0. The minimum atomic E-state index is 0.905. The summed E-state index contributed by atoms with van der Waals surface area (Å²) in [6.45, 7) is 0. The minimum absolute atomic E-state index is 0.905. The molecule has 0 spiro atoms. The molecule has 0 aliphatic rings. The molecule has 0 saturated heterocycles. The number of nitrogens with zero attached hydrogens (tertiary/aromatic N) is 4. The molecule has 270 valence electrons. The van der Waals surface area contributed by atoms with E-state index in [2.05, 4.69) is 215 Å².